The number of carbonyl (C=O) groups excluding carboxylic acids is 1. The van der Waals surface area contributed by atoms with Gasteiger partial charge >= 0.3 is 5.97 Å². The molecule has 130 valence electrons. The predicted molar refractivity (Wildman–Crippen MR) is 98.9 cm³/mol. The Labute approximate surface area is 147 Å². The molecule has 0 atom stereocenters. The first-order valence-corrected chi connectivity index (χ1v) is 9.17. The Morgan fingerprint density at radius 1 is 1.50 bits per heavy atom. The maximum atomic E-state index is 12.3. The second-order valence-electron chi connectivity index (χ2n) is 5.60. The number of hydrogen-bond donors (Lipinski definition) is 2. The zero-order valence-electron chi connectivity index (χ0n) is 14.0. The average molecular weight is 368 g/mol. The van der Waals surface area contributed by atoms with Crippen LogP contribution in [0.3, 0.4) is 0 Å². The topological polar surface area (TPSA) is 110 Å². The third-order valence-corrected chi connectivity index (χ3v) is 5.20. The minimum absolute atomic E-state index is 0.266. The van der Waals surface area contributed by atoms with Crippen molar-refractivity contribution < 1.29 is 9.53 Å². The van der Waals surface area contributed by atoms with E-state index >= 15 is 0 Å². The first-order chi connectivity index (χ1) is 11.3. The molecule has 2 aromatic rings. The Morgan fingerprint density at radius 2 is 2.21 bits per heavy atom. The lowest BCUT2D eigenvalue weighted by Gasteiger charge is -2.03. The number of thiophene rings is 1. The summed E-state index contributed by atoms with van der Waals surface area (Å²) >= 11 is 2.48. The van der Waals surface area contributed by atoms with Gasteiger partial charge in [-0.1, -0.05) is 25.6 Å². The second kappa shape index (κ2) is 7.80. The number of nitrogens with zero attached hydrogens (tertiary/aromatic N) is 2. The zero-order chi connectivity index (χ0) is 17.9. The van der Waals surface area contributed by atoms with Crippen LogP contribution in [0.15, 0.2) is 9.79 Å². The van der Waals surface area contributed by atoms with E-state index in [1.165, 1.54) is 18.9 Å². The summed E-state index contributed by atoms with van der Waals surface area (Å²) in [5.41, 5.74) is 6.17. The quantitative estimate of drug-likeness (QED) is 0.476. The third-order valence-electron chi connectivity index (χ3n) is 3.19. The van der Waals surface area contributed by atoms with Gasteiger partial charge in [0.1, 0.15) is 15.5 Å². The zero-order valence-corrected chi connectivity index (χ0v) is 15.6. The van der Waals surface area contributed by atoms with Crippen LogP contribution < -0.4 is 11.3 Å². The van der Waals surface area contributed by atoms with Crippen molar-refractivity contribution in [2.45, 2.75) is 26.5 Å². The van der Waals surface area contributed by atoms with E-state index in [0.717, 1.165) is 11.3 Å². The van der Waals surface area contributed by atoms with Crippen LogP contribution in [-0.4, -0.2) is 34.8 Å². The number of methoxy groups -OCH3 is 1. The van der Waals surface area contributed by atoms with Crippen LogP contribution in [0.1, 0.15) is 34.9 Å². The van der Waals surface area contributed by atoms with Gasteiger partial charge in [0.25, 0.3) is 5.56 Å². The summed E-state index contributed by atoms with van der Waals surface area (Å²) in [6, 6.07) is 0. The summed E-state index contributed by atoms with van der Waals surface area (Å²) in [5.74, 6) is 0.876. The van der Waals surface area contributed by atoms with Crippen LogP contribution in [-0.2, 0) is 10.5 Å². The molecule has 0 saturated carbocycles. The smallest absolute Gasteiger partial charge is 0.348 e. The summed E-state index contributed by atoms with van der Waals surface area (Å²) in [4.78, 5) is 36.4. The molecule has 24 heavy (non-hydrogen) atoms. The summed E-state index contributed by atoms with van der Waals surface area (Å²) in [6.07, 6.45) is 0. The summed E-state index contributed by atoms with van der Waals surface area (Å²) < 4.78 is 4.74. The highest BCUT2D eigenvalue weighted by molar-refractivity contribution is 8.13. The molecule has 0 aromatic carbocycles. The summed E-state index contributed by atoms with van der Waals surface area (Å²) in [7, 11) is 1.31. The van der Waals surface area contributed by atoms with Crippen molar-refractivity contribution in [3.63, 3.8) is 0 Å². The Bertz CT molecular complexity index is 839. The maximum absolute atomic E-state index is 12.3. The Balaban J connectivity index is 2.26. The van der Waals surface area contributed by atoms with Crippen molar-refractivity contribution >= 4 is 44.5 Å². The molecule has 2 heterocycles. The Hall–Kier alpha value is -1.87. The van der Waals surface area contributed by atoms with E-state index in [4.69, 9.17) is 10.5 Å². The minimum atomic E-state index is -0.462. The molecular formula is C15H20N4O3S2. The summed E-state index contributed by atoms with van der Waals surface area (Å²) in [5, 5.41) is 0.889. The Morgan fingerprint density at radius 3 is 2.83 bits per heavy atom. The molecule has 0 spiro atoms. The number of amidine groups is 1. The van der Waals surface area contributed by atoms with Gasteiger partial charge < -0.3 is 15.5 Å². The number of thioether (sulfide) groups is 1. The Kier molecular flexibility index (Phi) is 6.00. The minimum Gasteiger partial charge on any atom is -0.465 e. The number of aromatic nitrogens is 2. The third kappa shape index (κ3) is 4.15. The number of nitrogens with one attached hydrogen (secondary N) is 1. The fourth-order valence-electron chi connectivity index (χ4n) is 2.00. The highest BCUT2D eigenvalue weighted by Gasteiger charge is 2.19. The number of H-pyrrole nitrogens is 1. The van der Waals surface area contributed by atoms with E-state index in [1.807, 2.05) is 0 Å². The molecule has 0 saturated heterocycles. The number of carbonyl (C=O) groups is 1. The lowest BCUT2D eigenvalue weighted by atomic mass is 10.2. The van der Waals surface area contributed by atoms with Gasteiger partial charge in [-0.05, 0) is 18.4 Å². The van der Waals surface area contributed by atoms with Crippen LogP contribution in [0.5, 0.6) is 0 Å². The molecule has 2 rings (SSSR count). The fraction of sp³-hybridized carbons (Fsp3) is 0.467. The molecule has 9 heteroatoms. The highest BCUT2D eigenvalue weighted by atomic mass is 32.2. The molecular weight excluding hydrogens is 348 g/mol. The molecule has 0 aliphatic heterocycles. The van der Waals surface area contributed by atoms with Crippen molar-refractivity contribution in [2.24, 2.45) is 16.6 Å². The molecule has 0 radical (unpaired) electrons. The van der Waals surface area contributed by atoms with E-state index in [2.05, 4.69) is 28.8 Å². The number of ether oxygens (including phenoxy) is 1. The molecule has 0 aliphatic carbocycles. The van der Waals surface area contributed by atoms with Crippen LogP contribution >= 0.6 is 23.1 Å². The number of aryl methyl sites for hydroxylation is 1. The standard InChI is InChI=1S/C15H20N4O3S2/c1-7(2)5-17-15(16)23-6-9-18-12(20)10-8(3)11(14(21)22-4)24-13(10)19-9/h7H,5-6H2,1-4H3,(H2,16,17)(H,18,19,20). The molecule has 2 aromatic heterocycles. The number of nitrogens with two attached hydrogens (primary N) is 1. The first-order valence-electron chi connectivity index (χ1n) is 7.36. The predicted octanol–water partition coefficient (Wildman–Crippen LogP) is 2.28. The molecule has 0 fully saturated rings. The largest absolute Gasteiger partial charge is 0.465 e. The molecule has 0 bridgehead atoms. The van der Waals surface area contributed by atoms with E-state index < -0.39 is 5.97 Å². The van der Waals surface area contributed by atoms with Gasteiger partial charge in [-0.3, -0.25) is 9.79 Å². The van der Waals surface area contributed by atoms with Gasteiger partial charge in [-0.15, -0.1) is 11.3 Å². The van der Waals surface area contributed by atoms with Gasteiger partial charge in [0.15, 0.2) is 5.17 Å². The molecule has 3 N–H and O–H groups in total. The average Bonchev–Trinajstić information content (AvgIpc) is 2.87. The maximum Gasteiger partial charge on any atom is 0.348 e. The van der Waals surface area contributed by atoms with E-state index in [1.54, 1.807) is 6.92 Å². The van der Waals surface area contributed by atoms with Crippen molar-refractivity contribution in [3.05, 3.63) is 26.6 Å². The van der Waals surface area contributed by atoms with Gasteiger partial charge in [-0.2, -0.15) is 0 Å². The SMILES string of the molecule is COC(=O)c1sc2nc(CSC(N)=NCC(C)C)[nH]c(=O)c2c1C. The van der Waals surface area contributed by atoms with Gasteiger partial charge in [0.2, 0.25) is 0 Å². The second-order valence-corrected chi connectivity index (χ2v) is 7.60. The number of rotatable bonds is 5. The van der Waals surface area contributed by atoms with Crippen LogP contribution in [0.25, 0.3) is 10.2 Å². The molecule has 0 unspecified atom stereocenters. The van der Waals surface area contributed by atoms with Crippen LogP contribution in [0, 0.1) is 12.8 Å². The van der Waals surface area contributed by atoms with Crippen LogP contribution in [0.2, 0.25) is 0 Å². The molecule has 0 amide bonds. The lowest BCUT2D eigenvalue weighted by molar-refractivity contribution is 0.0605. The van der Waals surface area contributed by atoms with Gasteiger partial charge in [-0.25, -0.2) is 9.78 Å². The number of hydrogen-bond acceptors (Lipinski definition) is 7. The first kappa shape index (κ1) is 18.5. The van der Waals surface area contributed by atoms with E-state index in [9.17, 15) is 9.59 Å². The normalized spacial score (nSPS) is 12.1. The van der Waals surface area contributed by atoms with Crippen LogP contribution in [0.4, 0.5) is 0 Å². The van der Waals surface area contributed by atoms with E-state index in [0.29, 0.717) is 49.9 Å². The lowest BCUT2D eigenvalue weighted by Crippen LogP contribution is -2.13. The number of fused-ring (bicyclic) bond motifs is 1. The van der Waals surface area contributed by atoms with Crippen molar-refractivity contribution in [1.82, 2.24) is 9.97 Å². The van der Waals surface area contributed by atoms with Crippen molar-refractivity contribution in [3.8, 4) is 0 Å². The van der Waals surface area contributed by atoms with E-state index in [-0.39, 0.29) is 5.56 Å². The highest BCUT2D eigenvalue weighted by Crippen LogP contribution is 2.27. The van der Waals surface area contributed by atoms with Crippen molar-refractivity contribution in [1.29, 1.82) is 0 Å². The summed E-state index contributed by atoms with van der Waals surface area (Å²) in [6.45, 7) is 6.50. The van der Waals surface area contributed by atoms with Gasteiger partial charge in [0.05, 0.1) is 18.2 Å². The van der Waals surface area contributed by atoms with Crippen molar-refractivity contribution in [2.75, 3.05) is 13.7 Å². The molecule has 7 nitrogen and oxygen atoms in total. The number of aromatic amines is 1. The fourth-order valence-corrected chi connectivity index (χ4v) is 3.71. The van der Waals surface area contributed by atoms with Gasteiger partial charge in [0, 0.05) is 6.54 Å². The number of aliphatic imine (C=N–C) groups is 1. The number of esters is 1. The molecule has 0 aliphatic rings. The monoisotopic (exact) mass is 368 g/mol.